The molecule has 0 spiro atoms. The topological polar surface area (TPSA) is 46.3 Å². The van der Waals surface area contributed by atoms with Crippen molar-refractivity contribution in [3.05, 3.63) is 41.8 Å². The van der Waals surface area contributed by atoms with Gasteiger partial charge >= 0.3 is 0 Å². The lowest BCUT2D eigenvalue weighted by atomic mass is 10.3. The molecule has 0 aliphatic rings. The van der Waals surface area contributed by atoms with Gasteiger partial charge in [0, 0.05) is 16.7 Å². The first-order valence-corrected chi connectivity index (χ1v) is 5.56. The number of benzene rings is 1. The zero-order valence-corrected chi connectivity index (χ0v) is 9.12. The first-order valence-electron chi connectivity index (χ1n) is 4.58. The van der Waals surface area contributed by atoms with Gasteiger partial charge in [0.15, 0.2) is 0 Å². The minimum Gasteiger partial charge on any atom is -0.508 e. The lowest BCUT2D eigenvalue weighted by molar-refractivity contribution is 0.393. The summed E-state index contributed by atoms with van der Waals surface area (Å²) in [7, 11) is 0. The Morgan fingerprint density at radius 2 is 2.07 bits per heavy atom. The fraction of sp³-hybridized carbons (Fsp3) is 0.182. The van der Waals surface area contributed by atoms with Gasteiger partial charge in [0.1, 0.15) is 11.5 Å². The molecule has 0 amide bonds. The van der Waals surface area contributed by atoms with Crippen LogP contribution in [0.2, 0.25) is 0 Å². The van der Waals surface area contributed by atoms with Crippen molar-refractivity contribution >= 4 is 11.8 Å². The summed E-state index contributed by atoms with van der Waals surface area (Å²) in [4.78, 5) is 1.11. The molecule has 1 N–H and O–H groups in total. The summed E-state index contributed by atoms with van der Waals surface area (Å²) in [5.41, 5.74) is 0.936. The highest BCUT2D eigenvalue weighted by molar-refractivity contribution is 7.98. The first-order chi connectivity index (χ1) is 7.24. The molecule has 0 aliphatic carbocycles. The fourth-order valence-corrected chi connectivity index (χ4v) is 1.96. The predicted octanol–water partition coefficient (Wildman–Crippen LogP) is 2.98. The lowest BCUT2D eigenvalue weighted by Crippen LogP contribution is -1.78. The van der Waals surface area contributed by atoms with Crippen LogP contribution in [0.15, 0.2) is 39.8 Å². The second-order valence-corrected chi connectivity index (χ2v) is 4.26. The number of hydrogen-bond acceptors (Lipinski definition) is 4. The number of aromatic nitrogens is 1. The molecule has 1 aromatic carbocycles. The van der Waals surface area contributed by atoms with Gasteiger partial charge in [-0.15, -0.1) is 11.8 Å². The van der Waals surface area contributed by atoms with E-state index in [1.54, 1.807) is 23.9 Å². The first kappa shape index (κ1) is 10.1. The van der Waals surface area contributed by atoms with E-state index in [2.05, 4.69) is 5.16 Å². The van der Waals surface area contributed by atoms with Crippen molar-refractivity contribution < 1.29 is 9.63 Å². The Hall–Kier alpha value is -1.42. The van der Waals surface area contributed by atoms with Crippen molar-refractivity contribution in [2.75, 3.05) is 0 Å². The normalized spacial score (nSPS) is 10.5. The van der Waals surface area contributed by atoms with Gasteiger partial charge in [0.2, 0.25) is 0 Å². The van der Waals surface area contributed by atoms with Crippen LogP contribution in [0.1, 0.15) is 11.5 Å². The summed E-state index contributed by atoms with van der Waals surface area (Å²) in [5.74, 6) is 1.90. The second-order valence-electron chi connectivity index (χ2n) is 3.21. The Bertz CT molecular complexity index is 436. The Morgan fingerprint density at radius 3 is 2.67 bits per heavy atom. The molecule has 78 valence electrons. The number of aromatic hydroxyl groups is 1. The van der Waals surface area contributed by atoms with Crippen LogP contribution in [-0.2, 0) is 5.75 Å². The molecule has 2 rings (SSSR count). The van der Waals surface area contributed by atoms with Crippen LogP contribution in [0.4, 0.5) is 0 Å². The average Bonchev–Trinajstić information content (AvgIpc) is 2.64. The van der Waals surface area contributed by atoms with Crippen molar-refractivity contribution in [2.24, 2.45) is 0 Å². The van der Waals surface area contributed by atoms with E-state index in [-0.39, 0.29) is 5.75 Å². The Morgan fingerprint density at radius 1 is 1.33 bits per heavy atom. The van der Waals surface area contributed by atoms with Gasteiger partial charge in [0.05, 0.1) is 5.69 Å². The second kappa shape index (κ2) is 4.40. The number of phenolic OH excluding ortho intramolecular Hbond substituents is 1. The van der Waals surface area contributed by atoms with Gasteiger partial charge in [-0.05, 0) is 31.2 Å². The van der Waals surface area contributed by atoms with Crippen LogP contribution in [-0.4, -0.2) is 10.3 Å². The summed E-state index contributed by atoms with van der Waals surface area (Å²) in [6.45, 7) is 1.88. The maximum atomic E-state index is 9.11. The van der Waals surface area contributed by atoms with E-state index in [0.717, 1.165) is 22.1 Å². The molecule has 3 nitrogen and oxygen atoms in total. The third-order valence-electron chi connectivity index (χ3n) is 1.90. The number of hydrogen-bond donors (Lipinski definition) is 1. The highest BCUT2D eigenvalue weighted by Gasteiger charge is 2.01. The molecule has 0 radical (unpaired) electrons. The number of thioether (sulfide) groups is 1. The maximum Gasteiger partial charge on any atom is 0.133 e. The van der Waals surface area contributed by atoms with Gasteiger partial charge in [-0.3, -0.25) is 0 Å². The van der Waals surface area contributed by atoms with Crippen molar-refractivity contribution in [1.82, 2.24) is 5.16 Å². The monoisotopic (exact) mass is 221 g/mol. The standard InChI is InChI=1S/C11H11NO2S/c1-8-6-9(12-14-8)7-15-11-4-2-10(13)3-5-11/h2-6,13H,7H2,1H3. The summed E-state index contributed by atoms with van der Waals surface area (Å²) < 4.78 is 4.97. The molecule has 0 unspecified atom stereocenters. The number of aryl methyl sites for hydroxylation is 1. The van der Waals surface area contributed by atoms with Crippen LogP contribution in [0.3, 0.4) is 0 Å². The van der Waals surface area contributed by atoms with Crippen molar-refractivity contribution in [3.63, 3.8) is 0 Å². The highest BCUT2D eigenvalue weighted by Crippen LogP contribution is 2.24. The number of rotatable bonds is 3. The van der Waals surface area contributed by atoms with E-state index < -0.39 is 0 Å². The molecular weight excluding hydrogens is 210 g/mol. The molecule has 0 aliphatic heterocycles. The third kappa shape index (κ3) is 2.76. The van der Waals surface area contributed by atoms with E-state index in [0.29, 0.717) is 0 Å². The quantitative estimate of drug-likeness (QED) is 0.809. The lowest BCUT2D eigenvalue weighted by Gasteiger charge is -1.98. The smallest absolute Gasteiger partial charge is 0.133 e. The molecule has 1 heterocycles. The minimum absolute atomic E-state index is 0.289. The third-order valence-corrected chi connectivity index (χ3v) is 2.95. The summed E-state index contributed by atoms with van der Waals surface area (Å²) in [6, 6.07) is 9.04. The largest absolute Gasteiger partial charge is 0.508 e. The maximum absolute atomic E-state index is 9.11. The van der Waals surface area contributed by atoms with Crippen molar-refractivity contribution in [3.8, 4) is 5.75 Å². The van der Waals surface area contributed by atoms with E-state index >= 15 is 0 Å². The highest BCUT2D eigenvalue weighted by atomic mass is 32.2. The fourth-order valence-electron chi connectivity index (χ4n) is 1.19. The van der Waals surface area contributed by atoms with Crippen LogP contribution < -0.4 is 0 Å². The molecule has 2 aromatic rings. The van der Waals surface area contributed by atoms with Gasteiger partial charge in [-0.25, -0.2) is 0 Å². The predicted molar refractivity (Wildman–Crippen MR) is 58.9 cm³/mol. The average molecular weight is 221 g/mol. The molecule has 0 fully saturated rings. The molecule has 1 aromatic heterocycles. The van der Waals surface area contributed by atoms with E-state index in [1.807, 2.05) is 25.1 Å². The molecule has 0 atom stereocenters. The number of nitrogens with zero attached hydrogens (tertiary/aromatic N) is 1. The van der Waals surface area contributed by atoms with Crippen molar-refractivity contribution in [1.29, 1.82) is 0 Å². The molecule has 0 bridgehead atoms. The Labute approximate surface area is 92.1 Å². The summed E-state index contributed by atoms with van der Waals surface area (Å²) in [6.07, 6.45) is 0. The molecular formula is C11H11NO2S. The zero-order valence-electron chi connectivity index (χ0n) is 8.30. The molecule has 0 saturated carbocycles. The summed E-state index contributed by atoms with van der Waals surface area (Å²) in [5, 5.41) is 13.0. The van der Waals surface area contributed by atoms with Gasteiger partial charge in [-0.2, -0.15) is 0 Å². The van der Waals surface area contributed by atoms with E-state index in [1.165, 1.54) is 0 Å². The van der Waals surface area contributed by atoms with Gasteiger partial charge < -0.3 is 9.63 Å². The van der Waals surface area contributed by atoms with E-state index in [9.17, 15) is 0 Å². The Kier molecular flexibility index (Phi) is 2.97. The zero-order chi connectivity index (χ0) is 10.7. The molecule has 0 saturated heterocycles. The van der Waals surface area contributed by atoms with Gasteiger partial charge in [0.25, 0.3) is 0 Å². The van der Waals surface area contributed by atoms with Crippen molar-refractivity contribution in [2.45, 2.75) is 17.6 Å². The molecule has 4 heteroatoms. The minimum atomic E-state index is 0.289. The van der Waals surface area contributed by atoms with Gasteiger partial charge in [-0.1, -0.05) is 5.16 Å². The summed E-state index contributed by atoms with van der Waals surface area (Å²) >= 11 is 1.66. The van der Waals surface area contributed by atoms with Crippen LogP contribution in [0.5, 0.6) is 5.75 Å². The van der Waals surface area contributed by atoms with Crippen LogP contribution >= 0.6 is 11.8 Å². The Balaban J connectivity index is 1.96. The van der Waals surface area contributed by atoms with Crippen LogP contribution in [0, 0.1) is 6.92 Å². The van der Waals surface area contributed by atoms with Crippen LogP contribution in [0.25, 0.3) is 0 Å². The SMILES string of the molecule is Cc1cc(CSc2ccc(O)cc2)no1. The van der Waals surface area contributed by atoms with E-state index in [4.69, 9.17) is 9.63 Å². The number of phenols is 1. The molecule has 15 heavy (non-hydrogen) atoms.